The third kappa shape index (κ3) is 4.12. The zero-order valence-corrected chi connectivity index (χ0v) is 19.9. The number of ether oxygens (including phenoxy) is 1. The molecule has 1 unspecified atom stereocenters. The van der Waals surface area contributed by atoms with Gasteiger partial charge in [0, 0.05) is 47.0 Å². The van der Waals surface area contributed by atoms with Crippen LogP contribution >= 0.6 is 11.8 Å². The first-order valence-corrected chi connectivity index (χ1v) is 12.6. The molecule has 176 valence electrons. The minimum Gasteiger partial charge on any atom is -0.461 e. The second kappa shape index (κ2) is 9.64. The first kappa shape index (κ1) is 22.7. The van der Waals surface area contributed by atoms with Crippen LogP contribution in [-0.2, 0) is 10.5 Å². The van der Waals surface area contributed by atoms with Gasteiger partial charge in [0.25, 0.3) is 5.91 Å². The molecule has 1 N–H and O–H groups in total. The summed E-state index contributed by atoms with van der Waals surface area (Å²) in [5, 5.41) is 14.2. The van der Waals surface area contributed by atoms with Gasteiger partial charge in [0.05, 0.1) is 18.0 Å². The number of nitrogens with zero attached hydrogens (tertiary/aromatic N) is 3. The number of amides is 1. The van der Waals surface area contributed by atoms with Gasteiger partial charge in [-0.3, -0.25) is 4.79 Å². The molecular weight excluding hydrogens is 450 g/mol. The Morgan fingerprint density at radius 2 is 2.06 bits per heavy atom. The number of hydrogen-bond donors (Lipinski definition) is 1. The largest absolute Gasteiger partial charge is 0.461 e. The highest BCUT2D eigenvalue weighted by Crippen LogP contribution is 2.43. The number of carbonyl (C=O) groups excluding carboxylic acids is 2. The average molecular weight is 478 g/mol. The molecule has 0 radical (unpaired) electrons. The van der Waals surface area contributed by atoms with Gasteiger partial charge < -0.3 is 14.7 Å². The van der Waals surface area contributed by atoms with Crippen molar-refractivity contribution in [2.45, 2.75) is 30.4 Å². The molecule has 5 rings (SSSR count). The Kier molecular flexibility index (Phi) is 6.43. The Labute approximate surface area is 202 Å². The van der Waals surface area contributed by atoms with Crippen LogP contribution in [0, 0.1) is 5.92 Å². The first-order valence-electron chi connectivity index (χ1n) is 11.6. The number of piperidine rings is 1. The topological polar surface area (TPSA) is 84.7 Å². The summed E-state index contributed by atoms with van der Waals surface area (Å²) in [7, 11) is 0. The van der Waals surface area contributed by atoms with E-state index in [0.717, 1.165) is 40.2 Å². The summed E-state index contributed by atoms with van der Waals surface area (Å²) in [5.74, 6) is 0.256. The van der Waals surface area contributed by atoms with Gasteiger partial charge in [-0.15, -0.1) is 11.8 Å². The predicted molar refractivity (Wildman–Crippen MR) is 130 cm³/mol. The number of aliphatic hydroxyl groups is 1. The molecule has 8 heteroatoms. The summed E-state index contributed by atoms with van der Waals surface area (Å²) >= 11 is 1.68. The highest BCUT2D eigenvalue weighted by molar-refractivity contribution is 7.98. The molecule has 1 amide bonds. The van der Waals surface area contributed by atoms with Gasteiger partial charge in [-0.05, 0) is 49.9 Å². The van der Waals surface area contributed by atoms with E-state index in [1.54, 1.807) is 29.4 Å². The van der Waals surface area contributed by atoms with E-state index in [9.17, 15) is 14.7 Å². The van der Waals surface area contributed by atoms with Crippen LogP contribution in [0.25, 0.3) is 16.9 Å². The summed E-state index contributed by atoms with van der Waals surface area (Å²) in [4.78, 5) is 28.9. The maximum atomic E-state index is 13.3. The van der Waals surface area contributed by atoms with Crippen molar-refractivity contribution in [3.8, 4) is 16.9 Å². The van der Waals surface area contributed by atoms with Crippen LogP contribution in [0.5, 0.6) is 0 Å². The number of thioether (sulfide) groups is 1. The van der Waals surface area contributed by atoms with E-state index in [0.29, 0.717) is 30.1 Å². The number of fused-ring (bicyclic) bond motifs is 3. The molecule has 1 saturated heterocycles. The van der Waals surface area contributed by atoms with Crippen molar-refractivity contribution in [2.24, 2.45) is 5.92 Å². The molecule has 3 heterocycles. The van der Waals surface area contributed by atoms with Gasteiger partial charge >= 0.3 is 5.97 Å². The Morgan fingerprint density at radius 1 is 1.21 bits per heavy atom. The van der Waals surface area contributed by atoms with E-state index in [1.165, 1.54) is 0 Å². The maximum Gasteiger partial charge on any atom is 0.359 e. The summed E-state index contributed by atoms with van der Waals surface area (Å²) < 4.78 is 7.06. The van der Waals surface area contributed by atoms with Gasteiger partial charge in [-0.2, -0.15) is 5.10 Å². The van der Waals surface area contributed by atoms with Crippen LogP contribution in [0.2, 0.25) is 0 Å². The molecule has 1 aromatic heterocycles. The van der Waals surface area contributed by atoms with Crippen LogP contribution in [-0.4, -0.2) is 58.0 Å². The molecule has 3 aromatic rings. The van der Waals surface area contributed by atoms with Gasteiger partial charge in [-0.25, -0.2) is 9.48 Å². The third-order valence-electron chi connectivity index (χ3n) is 6.37. The van der Waals surface area contributed by atoms with Gasteiger partial charge in [0.15, 0.2) is 5.69 Å². The molecule has 0 spiro atoms. The van der Waals surface area contributed by atoms with Crippen molar-refractivity contribution >= 4 is 23.6 Å². The standard InChI is InChI=1S/C26H27N3O4S/c1-2-33-26(32)23-21-16-34-22-11-4-3-10-20(22)24(21)29(27-23)19-9-5-8-18(13-19)25(31)28-12-6-7-17(14-28)15-30/h3-5,8-11,13,17,30H,2,6-7,12,14-16H2,1H3. The molecular formula is C26H27N3O4S. The van der Waals surface area contributed by atoms with E-state index >= 15 is 0 Å². The van der Waals surface area contributed by atoms with Crippen molar-refractivity contribution in [1.29, 1.82) is 0 Å². The number of aliphatic hydroxyl groups excluding tert-OH is 1. The van der Waals surface area contributed by atoms with Crippen molar-refractivity contribution in [3.05, 3.63) is 65.4 Å². The summed E-state index contributed by atoms with van der Waals surface area (Å²) in [6.45, 7) is 3.40. The molecule has 34 heavy (non-hydrogen) atoms. The number of esters is 1. The van der Waals surface area contributed by atoms with Crippen molar-refractivity contribution in [3.63, 3.8) is 0 Å². The lowest BCUT2D eigenvalue weighted by atomic mass is 9.98. The van der Waals surface area contributed by atoms with Crippen LogP contribution < -0.4 is 0 Å². The second-order valence-corrected chi connectivity index (χ2v) is 9.60. The summed E-state index contributed by atoms with van der Waals surface area (Å²) in [5.41, 5.74) is 4.32. The average Bonchev–Trinajstić information content (AvgIpc) is 3.29. The molecule has 0 aliphatic carbocycles. The number of hydrogen-bond acceptors (Lipinski definition) is 6. The fraction of sp³-hybridized carbons (Fsp3) is 0.346. The zero-order valence-electron chi connectivity index (χ0n) is 19.1. The molecule has 1 atom stereocenters. The Morgan fingerprint density at radius 3 is 2.88 bits per heavy atom. The quantitative estimate of drug-likeness (QED) is 0.556. The normalized spacial score (nSPS) is 17.1. The second-order valence-electron chi connectivity index (χ2n) is 8.59. The van der Waals surface area contributed by atoms with Gasteiger partial charge in [-0.1, -0.05) is 24.3 Å². The van der Waals surface area contributed by atoms with Crippen molar-refractivity contribution < 1.29 is 19.4 Å². The predicted octanol–water partition coefficient (Wildman–Crippen LogP) is 4.17. The summed E-state index contributed by atoms with van der Waals surface area (Å²) in [6, 6.07) is 15.5. The van der Waals surface area contributed by atoms with Crippen LogP contribution in [0.15, 0.2) is 53.4 Å². The maximum absolute atomic E-state index is 13.3. The number of rotatable bonds is 5. The monoisotopic (exact) mass is 477 g/mol. The third-order valence-corrected chi connectivity index (χ3v) is 7.47. The van der Waals surface area contributed by atoms with Gasteiger partial charge in [0.1, 0.15) is 0 Å². The SMILES string of the molecule is CCOC(=O)c1nn(-c2cccc(C(=O)N3CCCC(CO)C3)c2)c2c1CSc1ccccc1-2. The first-order chi connectivity index (χ1) is 16.6. The zero-order chi connectivity index (χ0) is 23.7. The van der Waals surface area contributed by atoms with Gasteiger partial charge in [0.2, 0.25) is 0 Å². The number of aromatic nitrogens is 2. The Bertz CT molecular complexity index is 1240. The molecule has 2 aliphatic heterocycles. The fourth-order valence-corrected chi connectivity index (χ4v) is 5.77. The molecule has 1 fully saturated rings. The summed E-state index contributed by atoms with van der Waals surface area (Å²) in [6.07, 6.45) is 1.83. The smallest absolute Gasteiger partial charge is 0.359 e. The number of likely N-dealkylation sites (tertiary alicyclic amines) is 1. The minimum atomic E-state index is -0.437. The molecule has 2 aliphatic rings. The lowest BCUT2D eigenvalue weighted by Gasteiger charge is -2.32. The Hall–Kier alpha value is -3.10. The van der Waals surface area contributed by atoms with E-state index < -0.39 is 5.97 Å². The number of carbonyl (C=O) groups is 2. The van der Waals surface area contributed by atoms with E-state index in [2.05, 4.69) is 11.2 Å². The molecule has 0 saturated carbocycles. The van der Waals surface area contributed by atoms with Crippen molar-refractivity contribution in [1.82, 2.24) is 14.7 Å². The molecule has 7 nitrogen and oxygen atoms in total. The highest BCUT2D eigenvalue weighted by Gasteiger charge is 2.30. The highest BCUT2D eigenvalue weighted by atomic mass is 32.2. The van der Waals surface area contributed by atoms with Crippen LogP contribution in [0.4, 0.5) is 0 Å². The lowest BCUT2D eigenvalue weighted by Crippen LogP contribution is -2.40. The van der Waals surface area contributed by atoms with Crippen molar-refractivity contribution in [2.75, 3.05) is 26.3 Å². The fourth-order valence-electron chi connectivity index (χ4n) is 4.70. The van der Waals surface area contributed by atoms with Crippen LogP contribution in [0.3, 0.4) is 0 Å². The van der Waals surface area contributed by atoms with E-state index in [1.807, 2.05) is 41.3 Å². The lowest BCUT2D eigenvalue weighted by molar-refractivity contribution is 0.0517. The Balaban J connectivity index is 1.57. The van der Waals surface area contributed by atoms with E-state index in [-0.39, 0.29) is 25.0 Å². The molecule has 0 bridgehead atoms. The minimum absolute atomic E-state index is 0.0532. The van der Waals surface area contributed by atoms with E-state index in [4.69, 9.17) is 4.74 Å². The molecule has 2 aromatic carbocycles. The van der Waals surface area contributed by atoms with Crippen LogP contribution in [0.1, 0.15) is 46.2 Å². The number of benzene rings is 2.